The van der Waals surface area contributed by atoms with Gasteiger partial charge in [-0.2, -0.15) is 5.10 Å². The Morgan fingerprint density at radius 1 is 1.04 bits per heavy atom. The first kappa shape index (κ1) is 17.7. The first-order chi connectivity index (χ1) is 11.9. The second-order valence-electron chi connectivity index (χ2n) is 7.35. The zero-order valence-corrected chi connectivity index (χ0v) is 16.0. The Kier molecular flexibility index (Phi) is 5.00. The molecular weight excluding hydrogens is 328 g/mol. The maximum absolute atomic E-state index is 12.2. The quantitative estimate of drug-likeness (QED) is 0.619. The van der Waals surface area contributed by atoms with Gasteiger partial charge in [-0.25, -0.2) is 5.43 Å². The molecule has 1 amide bonds. The molecule has 0 fully saturated rings. The molecular formula is C21H24N2OS. The topological polar surface area (TPSA) is 41.5 Å². The fourth-order valence-electron chi connectivity index (χ4n) is 2.79. The number of hydrogen-bond donors (Lipinski definition) is 1. The summed E-state index contributed by atoms with van der Waals surface area (Å²) in [5, 5.41) is 4.43. The van der Waals surface area contributed by atoms with E-state index in [1.165, 1.54) is 22.3 Å². The van der Waals surface area contributed by atoms with Crippen molar-refractivity contribution in [2.24, 2.45) is 10.5 Å². The molecule has 0 unspecified atom stereocenters. The largest absolute Gasteiger partial charge is 0.272 e. The number of hydrazone groups is 1. The van der Waals surface area contributed by atoms with Crippen molar-refractivity contribution in [2.75, 3.05) is 5.75 Å². The summed E-state index contributed by atoms with van der Waals surface area (Å²) in [5.74, 6) is 0.323. The molecule has 0 atom stereocenters. The molecule has 1 aliphatic carbocycles. The van der Waals surface area contributed by atoms with Crippen LogP contribution in [0.1, 0.15) is 44.1 Å². The average molecular weight is 353 g/mol. The molecule has 130 valence electrons. The van der Waals surface area contributed by atoms with E-state index in [2.05, 4.69) is 79.8 Å². The molecule has 0 bridgehead atoms. The van der Waals surface area contributed by atoms with Crippen molar-refractivity contribution in [1.82, 2.24) is 5.43 Å². The van der Waals surface area contributed by atoms with Gasteiger partial charge in [0.05, 0.1) is 11.0 Å². The Balaban J connectivity index is 1.71. The van der Waals surface area contributed by atoms with E-state index in [0.29, 0.717) is 5.75 Å². The van der Waals surface area contributed by atoms with Crippen LogP contribution in [-0.4, -0.2) is 17.4 Å². The minimum atomic E-state index is -0.0598. The Morgan fingerprint density at radius 3 is 2.08 bits per heavy atom. The summed E-state index contributed by atoms with van der Waals surface area (Å²) in [6.45, 7) is 8.19. The van der Waals surface area contributed by atoms with Gasteiger partial charge < -0.3 is 0 Å². The van der Waals surface area contributed by atoms with E-state index in [-0.39, 0.29) is 16.6 Å². The molecule has 0 aromatic heterocycles. The van der Waals surface area contributed by atoms with Gasteiger partial charge in [-0.3, -0.25) is 4.79 Å². The number of amides is 1. The summed E-state index contributed by atoms with van der Waals surface area (Å²) in [4.78, 5) is 12.2. The van der Waals surface area contributed by atoms with Gasteiger partial charge in [-0.05, 0) is 29.2 Å². The highest BCUT2D eigenvalue weighted by atomic mass is 32.2. The molecule has 1 aliphatic rings. The van der Waals surface area contributed by atoms with Gasteiger partial charge >= 0.3 is 0 Å². The highest BCUT2D eigenvalue weighted by Gasteiger charge is 2.28. The normalized spacial score (nSPS) is 14.2. The van der Waals surface area contributed by atoms with Gasteiger partial charge in [-0.1, -0.05) is 69.3 Å². The van der Waals surface area contributed by atoms with Crippen LogP contribution in [0.15, 0.2) is 53.6 Å². The number of carbonyl (C=O) groups is 1. The lowest BCUT2D eigenvalue weighted by Gasteiger charge is -2.17. The number of thioether (sulfide) groups is 1. The van der Waals surface area contributed by atoms with E-state index >= 15 is 0 Å². The van der Waals surface area contributed by atoms with Crippen molar-refractivity contribution in [1.29, 1.82) is 0 Å². The lowest BCUT2D eigenvalue weighted by molar-refractivity contribution is -0.118. The van der Waals surface area contributed by atoms with Crippen LogP contribution >= 0.6 is 11.8 Å². The van der Waals surface area contributed by atoms with E-state index in [1.54, 1.807) is 11.8 Å². The smallest absolute Gasteiger partial charge is 0.250 e. The summed E-state index contributed by atoms with van der Waals surface area (Å²) in [7, 11) is 0. The van der Waals surface area contributed by atoms with Crippen molar-refractivity contribution < 1.29 is 4.79 Å². The predicted molar refractivity (Wildman–Crippen MR) is 107 cm³/mol. The number of hydrogen-bond acceptors (Lipinski definition) is 3. The van der Waals surface area contributed by atoms with Crippen LogP contribution in [0.2, 0.25) is 0 Å². The van der Waals surface area contributed by atoms with Gasteiger partial charge in [0.25, 0.3) is 0 Å². The Bertz CT molecular complexity index is 775. The van der Waals surface area contributed by atoms with Crippen LogP contribution in [0.5, 0.6) is 0 Å². The number of benzene rings is 2. The van der Waals surface area contributed by atoms with Crippen molar-refractivity contribution in [2.45, 2.75) is 32.9 Å². The third-order valence-electron chi connectivity index (χ3n) is 4.59. The third kappa shape index (κ3) is 3.79. The highest BCUT2D eigenvalue weighted by Crippen LogP contribution is 2.49. The lowest BCUT2D eigenvalue weighted by atomic mass is 9.91. The van der Waals surface area contributed by atoms with Crippen LogP contribution in [0.3, 0.4) is 0 Å². The van der Waals surface area contributed by atoms with Crippen molar-refractivity contribution in [3.05, 3.63) is 59.7 Å². The van der Waals surface area contributed by atoms with Gasteiger partial charge in [0, 0.05) is 11.1 Å². The van der Waals surface area contributed by atoms with Gasteiger partial charge in [0.15, 0.2) is 0 Å². The van der Waals surface area contributed by atoms with Crippen molar-refractivity contribution in [3.63, 3.8) is 0 Å². The molecule has 25 heavy (non-hydrogen) atoms. The summed E-state index contributed by atoms with van der Waals surface area (Å²) in [5.41, 5.74) is 8.70. The number of rotatable bonds is 4. The Labute approximate surface area is 153 Å². The van der Waals surface area contributed by atoms with Crippen LogP contribution < -0.4 is 5.43 Å². The summed E-state index contributed by atoms with van der Waals surface area (Å²) < 4.78 is 0. The third-order valence-corrected chi connectivity index (χ3v) is 5.86. The zero-order valence-electron chi connectivity index (χ0n) is 15.2. The molecule has 0 saturated heterocycles. The molecule has 3 rings (SSSR count). The maximum Gasteiger partial charge on any atom is 0.250 e. The number of carbonyl (C=O) groups excluding carboxylic acids is 1. The molecule has 0 aliphatic heterocycles. The van der Waals surface area contributed by atoms with Gasteiger partial charge in [-0.15, -0.1) is 11.8 Å². The highest BCUT2D eigenvalue weighted by molar-refractivity contribution is 8.00. The fourth-order valence-corrected chi connectivity index (χ4v) is 3.95. The molecule has 0 heterocycles. The average Bonchev–Trinajstić information content (AvgIpc) is 2.91. The minimum absolute atomic E-state index is 0.0379. The van der Waals surface area contributed by atoms with Crippen LogP contribution in [-0.2, 0) is 4.79 Å². The summed E-state index contributed by atoms with van der Waals surface area (Å²) in [6, 6.07) is 16.9. The number of nitrogens with zero attached hydrogens (tertiary/aromatic N) is 1. The summed E-state index contributed by atoms with van der Waals surface area (Å²) >= 11 is 1.66. The fraction of sp³-hybridized carbons (Fsp3) is 0.333. The van der Waals surface area contributed by atoms with E-state index in [9.17, 15) is 4.79 Å². The van der Waals surface area contributed by atoms with E-state index in [1.807, 2.05) is 6.92 Å². The van der Waals surface area contributed by atoms with E-state index in [4.69, 9.17) is 0 Å². The first-order valence-corrected chi connectivity index (χ1v) is 9.56. The lowest BCUT2D eigenvalue weighted by Crippen LogP contribution is -2.25. The monoisotopic (exact) mass is 352 g/mol. The Morgan fingerprint density at radius 2 is 1.56 bits per heavy atom. The second-order valence-corrected chi connectivity index (χ2v) is 8.44. The van der Waals surface area contributed by atoms with Gasteiger partial charge in [0.1, 0.15) is 0 Å². The number of nitrogens with one attached hydrogen (secondary N) is 1. The van der Waals surface area contributed by atoms with Crippen LogP contribution in [0.4, 0.5) is 0 Å². The SMILES string of the molecule is C/C(=N/NC(=O)CSC1c2ccccc2-c2ccccc21)C(C)(C)C. The molecule has 4 heteroatoms. The molecule has 1 N–H and O–H groups in total. The first-order valence-electron chi connectivity index (χ1n) is 8.51. The molecule has 3 nitrogen and oxygen atoms in total. The second kappa shape index (κ2) is 7.04. The predicted octanol–water partition coefficient (Wildman–Crippen LogP) is 5.03. The molecule has 0 radical (unpaired) electrons. The zero-order chi connectivity index (χ0) is 18.0. The minimum Gasteiger partial charge on any atom is -0.272 e. The summed E-state index contributed by atoms with van der Waals surface area (Å²) in [6.07, 6.45) is 0. The van der Waals surface area contributed by atoms with Crippen LogP contribution in [0.25, 0.3) is 11.1 Å². The van der Waals surface area contributed by atoms with E-state index in [0.717, 1.165) is 5.71 Å². The van der Waals surface area contributed by atoms with Crippen molar-refractivity contribution >= 4 is 23.4 Å². The molecule has 0 saturated carbocycles. The van der Waals surface area contributed by atoms with E-state index < -0.39 is 0 Å². The Hall–Kier alpha value is -2.07. The van der Waals surface area contributed by atoms with Crippen molar-refractivity contribution in [3.8, 4) is 11.1 Å². The van der Waals surface area contributed by atoms with Crippen LogP contribution in [0, 0.1) is 5.41 Å². The molecule has 0 spiro atoms. The maximum atomic E-state index is 12.2. The van der Waals surface area contributed by atoms with Gasteiger partial charge in [0.2, 0.25) is 5.91 Å². The molecule has 2 aromatic carbocycles. The standard InChI is InChI=1S/C21H24N2OS/c1-14(21(2,3)4)22-23-19(24)13-25-20-17-11-7-5-9-15(17)16-10-6-8-12-18(16)20/h5-12,20H,13H2,1-4H3,(H,23,24)/b22-14-. The number of fused-ring (bicyclic) bond motifs is 3. The molecule has 2 aromatic rings.